The molecule has 0 aliphatic carbocycles. The Kier molecular flexibility index (Phi) is 4.04. The summed E-state index contributed by atoms with van der Waals surface area (Å²) in [5.41, 5.74) is 1.92. The summed E-state index contributed by atoms with van der Waals surface area (Å²) in [6, 6.07) is 7.49. The van der Waals surface area contributed by atoms with Crippen molar-refractivity contribution < 1.29 is 9.53 Å². The van der Waals surface area contributed by atoms with Gasteiger partial charge in [0.15, 0.2) is 5.78 Å². The summed E-state index contributed by atoms with van der Waals surface area (Å²) in [4.78, 5) is 12.7. The Labute approximate surface area is 115 Å². The summed E-state index contributed by atoms with van der Waals surface area (Å²) >= 11 is 7.49. The molecule has 2 nitrogen and oxygen atoms in total. The molecule has 0 radical (unpaired) electrons. The Bertz CT molecular complexity index is 558. The van der Waals surface area contributed by atoms with Gasteiger partial charge in [-0.25, -0.2) is 0 Å². The molecule has 0 saturated carbocycles. The van der Waals surface area contributed by atoms with Gasteiger partial charge < -0.3 is 4.74 Å². The van der Waals surface area contributed by atoms with Gasteiger partial charge in [-0.1, -0.05) is 23.7 Å². The lowest BCUT2D eigenvalue weighted by Crippen LogP contribution is -2.01. The first-order chi connectivity index (χ1) is 8.61. The number of hydrogen-bond acceptors (Lipinski definition) is 3. The van der Waals surface area contributed by atoms with Gasteiger partial charge in [-0.2, -0.15) is 0 Å². The van der Waals surface area contributed by atoms with E-state index in [0.29, 0.717) is 16.3 Å². The molecular formula is C14H13ClO2S. The van der Waals surface area contributed by atoms with Crippen molar-refractivity contribution in [1.29, 1.82) is 0 Å². The molecule has 0 amide bonds. The number of halogens is 1. The van der Waals surface area contributed by atoms with Crippen LogP contribution in [0.4, 0.5) is 0 Å². The second-order valence-corrected chi connectivity index (χ2v) is 5.27. The van der Waals surface area contributed by atoms with Crippen LogP contribution in [0.3, 0.4) is 0 Å². The van der Waals surface area contributed by atoms with Gasteiger partial charge >= 0.3 is 0 Å². The molecule has 0 N–H and O–H groups in total. The quantitative estimate of drug-likeness (QED) is 0.787. The zero-order valence-corrected chi connectivity index (χ0v) is 11.8. The fourth-order valence-electron chi connectivity index (χ4n) is 1.63. The summed E-state index contributed by atoms with van der Waals surface area (Å²) in [7, 11) is 1.62. The van der Waals surface area contributed by atoms with E-state index in [1.54, 1.807) is 7.11 Å². The van der Waals surface area contributed by atoms with Crippen LogP contribution in [-0.2, 0) is 6.42 Å². The van der Waals surface area contributed by atoms with Gasteiger partial charge in [0.2, 0.25) is 0 Å². The maximum Gasteiger partial charge on any atom is 0.178 e. The molecule has 4 heteroatoms. The monoisotopic (exact) mass is 280 g/mol. The normalized spacial score (nSPS) is 10.4. The average Bonchev–Trinajstić information content (AvgIpc) is 2.71. The number of thiophene rings is 1. The van der Waals surface area contributed by atoms with Gasteiger partial charge in [0.05, 0.1) is 17.0 Å². The van der Waals surface area contributed by atoms with E-state index >= 15 is 0 Å². The van der Waals surface area contributed by atoms with Crippen LogP contribution >= 0.6 is 22.9 Å². The zero-order chi connectivity index (χ0) is 13.1. The highest BCUT2D eigenvalue weighted by molar-refractivity contribution is 7.13. The van der Waals surface area contributed by atoms with E-state index in [1.807, 2.05) is 36.6 Å². The smallest absolute Gasteiger partial charge is 0.178 e. The Morgan fingerprint density at radius 1 is 1.33 bits per heavy atom. The first kappa shape index (κ1) is 13.1. The van der Waals surface area contributed by atoms with E-state index < -0.39 is 0 Å². The first-order valence-electron chi connectivity index (χ1n) is 5.51. The number of benzene rings is 1. The Hall–Kier alpha value is -1.32. The third-order valence-electron chi connectivity index (χ3n) is 2.68. The predicted octanol–water partition coefficient (Wildman–Crippen LogP) is 4.14. The summed E-state index contributed by atoms with van der Waals surface area (Å²) in [6.07, 6.45) is 0.365. The molecule has 0 fully saturated rings. The van der Waals surface area contributed by atoms with Crippen LogP contribution in [0.15, 0.2) is 29.6 Å². The number of carbonyl (C=O) groups is 1. The fourth-order valence-corrected chi connectivity index (χ4v) is 2.87. The third kappa shape index (κ3) is 2.74. The highest BCUT2D eigenvalue weighted by Gasteiger charge is 2.14. The predicted molar refractivity (Wildman–Crippen MR) is 75.1 cm³/mol. The molecule has 94 valence electrons. The minimum atomic E-state index is 0.0586. The molecule has 2 rings (SSSR count). The second-order valence-electron chi connectivity index (χ2n) is 4.01. The van der Waals surface area contributed by atoms with Gasteiger partial charge in [-0.15, -0.1) is 11.3 Å². The fraction of sp³-hybridized carbons (Fsp3) is 0.214. The van der Waals surface area contributed by atoms with Crippen LogP contribution in [0.25, 0.3) is 0 Å². The lowest BCUT2D eigenvalue weighted by molar-refractivity contribution is 0.0997. The van der Waals surface area contributed by atoms with Crippen molar-refractivity contribution in [2.75, 3.05) is 7.11 Å². The molecule has 1 heterocycles. The molecule has 0 unspecified atom stereocenters. The maximum absolute atomic E-state index is 12.1. The van der Waals surface area contributed by atoms with Gasteiger partial charge in [0.25, 0.3) is 0 Å². The molecule has 0 spiro atoms. The molecule has 0 saturated heterocycles. The van der Waals surface area contributed by atoms with Crippen LogP contribution in [0, 0.1) is 6.92 Å². The van der Waals surface area contributed by atoms with E-state index in [2.05, 4.69) is 0 Å². The first-order valence-corrected chi connectivity index (χ1v) is 6.77. The molecular weight excluding hydrogens is 268 g/mol. The molecule has 0 bridgehead atoms. The van der Waals surface area contributed by atoms with Crippen molar-refractivity contribution in [3.8, 4) is 5.75 Å². The van der Waals surface area contributed by atoms with E-state index in [0.717, 1.165) is 16.9 Å². The molecule has 1 aromatic carbocycles. The Balaban J connectivity index is 2.13. The summed E-state index contributed by atoms with van der Waals surface area (Å²) in [5, 5.41) is 2.49. The minimum Gasteiger partial charge on any atom is -0.497 e. The molecule has 0 aliphatic heterocycles. The van der Waals surface area contributed by atoms with E-state index in [-0.39, 0.29) is 5.78 Å². The summed E-state index contributed by atoms with van der Waals surface area (Å²) < 4.78 is 5.08. The van der Waals surface area contributed by atoms with Crippen molar-refractivity contribution >= 4 is 28.7 Å². The van der Waals surface area contributed by atoms with Crippen molar-refractivity contribution in [3.05, 3.63) is 50.7 Å². The Morgan fingerprint density at radius 3 is 2.50 bits per heavy atom. The number of methoxy groups -OCH3 is 1. The third-order valence-corrected chi connectivity index (χ3v) is 4.41. The van der Waals surface area contributed by atoms with Crippen molar-refractivity contribution in [2.45, 2.75) is 13.3 Å². The van der Waals surface area contributed by atoms with E-state index in [9.17, 15) is 4.79 Å². The van der Waals surface area contributed by atoms with Crippen LogP contribution in [0.1, 0.15) is 20.8 Å². The van der Waals surface area contributed by atoms with Gasteiger partial charge in [-0.3, -0.25) is 4.79 Å². The number of ketones is 1. The molecule has 2 aromatic rings. The van der Waals surface area contributed by atoms with Crippen molar-refractivity contribution in [2.24, 2.45) is 0 Å². The van der Waals surface area contributed by atoms with Gasteiger partial charge in [0.1, 0.15) is 5.75 Å². The zero-order valence-electron chi connectivity index (χ0n) is 10.2. The van der Waals surface area contributed by atoms with Crippen molar-refractivity contribution in [1.82, 2.24) is 0 Å². The van der Waals surface area contributed by atoms with Crippen molar-refractivity contribution in [3.63, 3.8) is 0 Å². The highest BCUT2D eigenvalue weighted by atomic mass is 35.5. The SMILES string of the molecule is COc1ccc(CC(=O)c2scc(C)c2Cl)cc1. The maximum atomic E-state index is 12.1. The standard InChI is InChI=1S/C14H13ClO2S/c1-9-8-18-14(13(9)15)12(16)7-10-3-5-11(17-2)6-4-10/h3-6,8H,7H2,1-2H3. The molecule has 1 aromatic heterocycles. The number of carbonyl (C=O) groups excluding carboxylic acids is 1. The van der Waals surface area contributed by atoms with Crippen LogP contribution < -0.4 is 4.74 Å². The largest absolute Gasteiger partial charge is 0.497 e. The second kappa shape index (κ2) is 5.55. The molecule has 0 aliphatic rings. The van der Waals surface area contributed by atoms with E-state index in [1.165, 1.54) is 11.3 Å². The average molecular weight is 281 g/mol. The lowest BCUT2D eigenvalue weighted by Gasteiger charge is -2.02. The van der Waals surface area contributed by atoms with Gasteiger partial charge in [0, 0.05) is 6.42 Å². The molecule has 0 atom stereocenters. The number of hydrogen-bond donors (Lipinski definition) is 0. The van der Waals surface area contributed by atoms with E-state index in [4.69, 9.17) is 16.3 Å². The summed E-state index contributed by atoms with van der Waals surface area (Å²) in [5.74, 6) is 0.847. The molecule has 18 heavy (non-hydrogen) atoms. The van der Waals surface area contributed by atoms with Crippen LogP contribution in [0.5, 0.6) is 5.75 Å². The van der Waals surface area contributed by atoms with Crippen LogP contribution in [0.2, 0.25) is 5.02 Å². The number of Topliss-reactive ketones (excluding diaryl/α,β-unsaturated/α-hetero) is 1. The number of ether oxygens (including phenoxy) is 1. The number of aryl methyl sites for hydroxylation is 1. The van der Waals surface area contributed by atoms with Gasteiger partial charge in [-0.05, 0) is 35.6 Å². The topological polar surface area (TPSA) is 26.3 Å². The lowest BCUT2D eigenvalue weighted by atomic mass is 10.1. The minimum absolute atomic E-state index is 0.0586. The Morgan fingerprint density at radius 2 is 2.00 bits per heavy atom. The van der Waals surface area contributed by atoms with Crippen LogP contribution in [-0.4, -0.2) is 12.9 Å². The number of rotatable bonds is 4. The highest BCUT2D eigenvalue weighted by Crippen LogP contribution is 2.28. The summed E-state index contributed by atoms with van der Waals surface area (Å²) in [6.45, 7) is 1.91.